The van der Waals surface area contributed by atoms with Gasteiger partial charge >= 0.3 is 5.97 Å². The molecule has 1 fully saturated rings. The van der Waals surface area contributed by atoms with Gasteiger partial charge in [-0.2, -0.15) is 0 Å². The molecule has 26 heavy (non-hydrogen) atoms. The lowest BCUT2D eigenvalue weighted by molar-refractivity contribution is -0.147. The Morgan fingerprint density at radius 2 is 2.00 bits per heavy atom. The van der Waals surface area contributed by atoms with Crippen molar-refractivity contribution >= 4 is 34.3 Å². The summed E-state index contributed by atoms with van der Waals surface area (Å²) in [6.07, 6.45) is 0.493. The molecule has 3 rings (SSSR count). The predicted molar refractivity (Wildman–Crippen MR) is 96.2 cm³/mol. The van der Waals surface area contributed by atoms with Gasteiger partial charge in [0.2, 0.25) is 5.91 Å². The molecule has 2 atom stereocenters. The molecular formula is C19H22N2O5. The number of rotatable bonds is 5. The molecule has 138 valence electrons. The molecule has 1 aromatic carbocycles. The summed E-state index contributed by atoms with van der Waals surface area (Å²) in [4.78, 5) is 37.9. The summed E-state index contributed by atoms with van der Waals surface area (Å²) < 4.78 is 5.58. The van der Waals surface area contributed by atoms with E-state index < -0.39 is 17.4 Å². The van der Waals surface area contributed by atoms with Crippen LogP contribution in [0.3, 0.4) is 0 Å². The number of hydrogen-bond acceptors (Lipinski definition) is 5. The van der Waals surface area contributed by atoms with Crippen LogP contribution in [0.5, 0.6) is 0 Å². The van der Waals surface area contributed by atoms with E-state index in [9.17, 15) is 19.5 Å². The molecule has 2 aromatic rings. The first-order chi connectivity index (χ1) is 12.2. The lowest BCUT2D eigenvalue weighted by Crippen LogP contribution is -2.42. The molecule has 0 aliphatic carbocycles. The van der Waals surface area contributed by atoms with E-state index in [-0.39, 0.29) is 17.5 Å². The highest BCUT2D eigenvalue weighted by molar-refractivity contribution is 6.11. The third kappa shape index (κ3) is 3.10. The Kier molecular flexibility index (Phi) is 4.58. The second-order valence-corrected chi connectivity index (χ2v) is 7.11. The number of nitrogens with zero attached hydrogens (tertiary/aromatic N) is 1. The van der Waals surface area contributed by atoms with Gasteiger partial charge in [0.25, 0.3) is 0 Å². The van der Waals surface area contributed by atoms with E-state index >= 15 is 0 Å². The van der Waals surface area contributed by atoms with Gasteiger partial charge in [0.1, 0.15) is 5.58 Å². The fraction of sp³-hybridized carbons (Fsp3) is 0.421. The minimum absolute atomic E-state index is 0.114. The maximum atomic E-state index is 12.7. The number of benzene rings is 1. The molecule has 2 N–H and O–H groups in total. The number of ketones is 1. The SMILES string of the molecule is CC(=O)c1oc2ccccc2c1NC(=O)C(C)N1CCC(C)(C(=O)O)C1. The summed E-state index contributed by atoms with van der Waals surface area (Å²) in [7, 11) is 0. The number of para-hydroxylation sites is 1. The Bertz CT molecular complexity index is 887. The molecule has 0 saturated carbocycles. The van der Waals surface area contributed by atoms with Crippen molar-refractivity contribution in [3.05, 3.63) is 30.0 Å². The first kappa shape index (κ1) is 18.1. The number of amides is 1. The number of carbonyl (C=O) groups excluding carboxylic acids is 2. The molecule has 2 heterocycles. The van der Waals surface area contributed by atoms with Gasteiger partial charge in [0.15, 0.2) is 11.5 Å². The second-order valence-electron chi connectivity index (χ2n) is 7.11. The fourth-order valence-electron chi connectivity index (χ4n) is 3.31. The largest absolute Gasteiger partial charge is 0.481 e. The van der Waals surface area contributed by atoms with Crippen LogP contribution in [0.1, 0.15) is 37.7 Å². The molecule has 2 unspecified atom stereocenters. The van der Waals surface area contributed by atoms with Crippen LogP contribution in [-0.2, 0) is 9.59 Å². The predicted octanol–water partition coefficient (Wildman–Crippen LogP) is 2.76. The van der Waals surface area contributed by atoms with Gasteiger partial charge in [0.05, 0.1) is 17.1 Å². The molecule has 1 saturated heterocycles. The van der Waals surface area contributed by atoms with Crippen molar-refractivity contribution in [1.29, 1.82) is 0 Å². The quantitative estimate of drug-likeness (QED) is 0.797. The van der Waals surface area contributed by atoms with Crippen LogP contribution < -0.4 is 5.32 Å². The minimum atomic E-state index is -0.854. The summed E-state index contributed by atoms with van der Waals surface area (Å²) in [5.74, 6) is -1.31. The molecule has 1 aromatic heterocycles. The second kappa shape index (κ2) is 6.57. The monoisotopic (exact) mass is 358 g/mol. The molecular weight excluding hydrogens is 336 g/mol. The molecule has 0 bridgehead atoms. The van der Waals surface area contributed by atoms with E-state index in [1.165, 1.54) is 6.92 Å². The van der Waals surface area contributed by atoms with E-state index in [2.05, 4.69) is 5.32 Å². The van der Waals surface area contributed by atoms with Crippen LogP contribution in [-0.4, -0.2) is 46.8 Å². The van der Waals surface area contributed by atoms with Crippen LogP contribution in [0, 0.1) is 5.41 Å². The summed E-state index contributed by atoms with van der Waals surface area (Å²) in [5.41, 5.74) is 0.0481. The van der Waals surface area contributed by atoms with Crippen LogP contribution in [0.25, 0.3) is 11.0 Å². The van der Waals surface area contributed by atoms with Crippen LogP contribution >= 0.6 is 0 Å². The summed E-state index contributed by atoms with van der Waals surface area (Å²) >= 11 is 0. The van der Waals surface area contributed by atoms with Crippen molar-refractivity contribution in [2.45, 2.75) is 33.2 Å². The zero-order valence-electron chi connectivity index (χ0n) is 15.0. The maximum absolute atomic E-state index is 12.7. The molecule has 1 amide bonds. The van der Waals surface area contributed by atoms with Crippen molar-refractivity contribution in [2.75, 3.05) is 18.4 Å². The third-order valence-corrected chi connectivity index (χ3v) is 5.11. The Labute approximate surface area is 151 Å². The fourth-order valence-corrected chi connectivity index (χ4v) is 3.31. The van der Waals surface area contributed by atoms with Gasteiger partial charge < -0.3 is 14.8 Å². The van der Waals surface area contributed by atoms with E-state index in [4.69, 9.17) is 4.42 Å². The van der Waals surface area contributed by atoms with Gasteiger partial charge in [-0.15, -0.1) is 0 Å². The Balaban J connectivity index is 1.82. The van der Waals surface area contributed by atoms with Gasteiger partial charge in [-0.05, 0) is 32.4 Å². The molecule has 7 heteroatoms. The number of aliphatic carboxylic acids is 1. The van der Waals surface area contributed by atoms with Gasteiger partial charge in [-0.1, -0.05) is 12.1 Å². The smallest absolute Gasteiger partial charge is 0.310 e. The number of anilines is 1. The summed E-state index contributed by atoms with van der Waals surface area (Å²) in [6.45, 7) is 5.65. The number of carboxylic acid groups (broad SMARTS) is 1. The lowest BCUT2D eigenvalue weighted by atomic mass is 9.90. The van der Waals surface area contributed by atoms with Gasteiger partial charge in [0, 0.05) is 25.4 Å². The van der Waals surface area contributed by atoms with Crippen molar-refractivity contribution in [1.82, 2.24) is 4.90 Å². The highest BCUT2D eigenvalue weighted by Gasteiger charge is 2.43. The number of furan rings is 1. The van der Waals surface area contributed by atoms with E-state index in [0.29, 0.717) is 36.2 Å². The van der Waals surface area contributed by atoms with Crippen LogP contribution in [0.4, 0.5) is 5.69 Å². The molecule has 7 nitrogen and oxygen atoms in total. The van der Waals surface area contributed by atoms with Crippen molar-refractivity contribution in [3.63, 3.8) is 0 Å². The van der Waals surface area contributed by atoms with Crippen molar-refractivity contribution in [3.8, 4) is 0 Å². The average Bonchev–Trinajstić information content (AvgIpc) is 3.17. The summed E-state index contributed by atoms with van der Waals surface area (Å²) in [6, 6.07) is 6.59. The topological polar surface area (TPSA) is 99.9 Å². The zero-order chi connectivity index (χ0) is 19.1. The average molecular weight is 358 g/mol. The Morgan fingerprint density at radius 1 is 1.31 bits per heavy atom. The standard InChI is InChI=1S/C19H22N2O5/c1-11(21-9-8-19(3,10-21)18(24)25)17(23)20-15-13-6-4-5-7-14(13)26-16(15)12(2)22/h4-7,11H,8-10H2,1-3H3,(H,20,23)(H,24,25). The molecule has 1 aliphatic rings. The van der Waals surface area contributed by atoms with Crippen molar-refractivity contribution < 1.29 is 23.9 Å². The Hall–Kier alpha value is -2.67. The van der Waals surface area contributed by atoms with E-state index in [1.807, 2.05) is 4.90 Å². The zero-order valence-corrected chi connectivity index (χ0v) is 15.0. The number of nitrogens with one attached hydrogen (secondary N) is 1. The minimum Gasteiger partial charge on any atom is -0.481 e. The number of Topliss-reactive ketones (excluding diaryl/α,β-unsaturated/α-hetero) is 1. The highest BCUT2D eigenvalue weighted by atomic mass is 16.4. The Morgan fingerprint density at radius 3 is 2.62 bits per heavy atom. The van der Waals surface area contributed by atoms with Crippen LogP contribution in [0.15, 0.2) is 28.7 Å². The van der Waals surface area contributed by atoms with Gasteiger partial charge in [-0.25, -0.2) is 0 Å². The van der Waals surface area contributed by atoms with Crippen molar-refractivity contribution in [2.24, 2.45) is 5.41 Å². The summed E-state index contributed by atoms with van der Waals surface area (Å²) in [5, 5.41) is 12.8. The number of likely N-dealkylation sites (tertiary alicyclic amines) is 1. The first-order valence-electron chi connectivity index (χ1n) is 8.54. The van der Waals surface area contributed by atoms with Gasteiger partial charge in [-0.3, -0.25) is 19.3 Å². The highest BCUT2D eigenvalue weighted by Crippen LogP contribution is 2.33. The number of hydrogen-bond donors (Lipinski definition) is 2. The number of carboxylic acids is 1. The molecule has 0 radical (unpaired) electrons. The van der Waals surface area contributed by atoms with E-state index in [1.54, 1.807) is 38.1 Å². The normalized spacial score (nSPS) is 21.7. The molecule has 0 spiro atoms. The van der Waals surface area contributed by atoms with E-state index in [0.717, 1.165) is 0 Å². The maximum Gasteiger partial charge on any atom is 0.310 e. The number of fused-ring (bicyclic) bond motifs is 1. The van der Waals surface area contributed by atoms with Crippen LogP contribution in [0.2, 0.25) is 0 Å². The molecule has 1 aliphatic heterocycles. The first-order valence-corrected chi connectivity index (χ1v) is 8.54. The third-order valence-electron chi connectivity index (χ3n) is 5.11. The number of carbonyl (C=O) groups is 3. The lowest BCUT2D eigenvalue weighted by Gasteiger charge is -2.25.